The summed E-state index contributed by atoms with van der Waals surface area (Å²) in [6.07, 6.45) is 3.04. The van der Waals surface area contributed by atoms with Crippen molar-refractivity contribution in [3.8, 4) is 0 Å². The van der Waals surface area contributed by atoms with Crippen LogP contribution >= 0.6 is 0 Å². The normalized spacial score (nSPS) is 12.1. The summed E-state index contributed by atoms with van der Waals surface area (Å²) in [6, 6.07) is 9.69. The minimum absolute atomic E-state index is 0.231. The van der Waals surface area contributed by atoms with Crippen LogP contribution in [0.25, 0.3) is 0 Å². The Balaban J connectivity index is 2.13. The molecule has 0 aliphatic rings. The van der Waals surface area contributed by atoms with Crippen LogP contribution in [0.5, 0.6) is 0 Å². The van der Waals surface area contributed by atoms with Crippen molar-refractivity contribution >= 4 is 5.97 Å². The molecule has 100 valence electrons. The van der Waals surface area contributed by atoms with E-state index in [0.717, 1.165) is 19.3 Å². The van der Waals surface area contributed by atoms with Gasteiger partial charge in [0, 0.05) is 0 Å². The maximum absolute atomic E-state index is 11.2. The maximum atomic E-state index is 11.2. The highest BCUT2D eigenvalue weighted by atomic mass is 16.5. The standard InChI is InChI=1S/C14H21NO3/c1-18-14(17)13(11-16)15-10-6-5-9-12-7-3-2-4-8-12/h2-4,7-8,13,15-16H,5-6,9-11H2,1H3/t13-/m1/s1. The fourth-order valence-electron chi connectivity index (χ4n) is 1.74. The lowest BCUT2D eigenvalue weighted by Gasteiger charge is -2.13. The second-order valence-corrected chi connectivity index (χ2v) is 4.16. The van der Waals surface area contributed by atoms with E-state index in [1.165, 1.54) is 12.7 Å². The summed E-state index contributed by atoms with van der Waals surface area (Å²) in [5.74, 6) is -0.416. The van der Waals surface area contributed by atoms with Crippen molar-refractivity contribution in [3.63, 3.8) is 0 Å². The number of carbonyl (C=O) groups excluding carboxylic acids is 1. The second-order valence-electron chi connectivity index (χ2n) is 4.16. The van der Waals surface area contributed by atoms with Crippen molar-refractivity contribution in [2.45, 2.75) is 25.3 Å². The van der Waals surface area contributed by atoms with Crippen molar-refractivity contribution in [3.05, 3.63) is 35.9 Å². The minimum atomic E-state index is -0.605. The number of aliphatic hydroxyl groups excluding tert-OH is 1. The molecule has 1 rings (SSSR count). The average molecular weight is 251 g/mol. The van der Waals surface area contributed by atoms with E-state index in [-0.39, 0.29) is 6.61 Å². The third kappa shape index (κ3) is 5.29. The number of hydrogen-bond acceptors (Lipinski definition) is 4. The number of ether oxygens (including phenoxy) is 1. The van der Waals surface area contributed by atoms with Gasteiger partial charge in [0.25, 0.3) is 0 Å². The number of esters is 1. The summed E-state index contributed by atoms with van der Waals surface area (Å²) in [7, 11) is 1.32. The lowest BCUT2D eigenvalue weighted by atomic mass is 10.1. The summed E-state index contributed by atoms with van der Waals surface area (Å²) < 4.78 is 4.57. The lowest BCUT2D eigenvalue weighted by molar-refractivity contribution is -0.144. The van der Waals surface area contributed by atoms with Gasteiger partial charge in [-0.2, -0.15) is 0 Å². The Kier molecular flexibility index (Phi) is 7.06. The second kappa shape index (κ2) is 8.66. The first kappa shape index (κ1) is 14.7. The molecule has 0 unspecified atom stereocenters. The third-order valence-electron chi connectivity index (χ3n) is 2.79. The predicted molar refractivity (Wildman–Crippen MR) is 70.3 cm³/mol. The number of methoxy groups -OCH3 is 1. The summed E-state index contributed by atoms with van der Waals surface area (Å²) in [4.78, 5) is 11.2. The molecule has 1 aromatic rings. The quantitative estimate of drug-likeness (QED) is 0.537. The van der Waals surface area contributed by atoms with Crippen molar-refractivity contribution < 1.29 is 14.6 Å². The maximum Gasteiger partial charge on any atom is 0.325 e. The van der Waals surface area contributed by atoms with E-state index < -0.39 is 12.0 Å². The monoisotopic (exact) mass is 251 g/mol. The summed E-state index contributed by atoms with van der Waals surface area (Å²) in [5, 5.41) is 12.0. The number of aryl methyl sites for hydroxylation is 1. The molecule has 18 heavy (non-hydrogen) atoms. The number of unbranched alkanes of at least 4 members (excludes halogenated alkanes) is 1. The van der Waals surface area contributed by atoms with Gasteiger partial charge in [-0.25, -0.2) is 0 Å². The minimum Gasteiger partial charge on any atom is -0.468 e. The molecule has 1 aromatic carbocycles. The molecule has 4 nitrogen and oxygen atoms in total. The van der Waals surface area contributed by atoms with Crippen LogP contribution in [0.3, 0.4) is 0 Å². The zero-order valence-electron chi connectivity index (χ0n) is 10.8. The SMILES string of the molecule is COC(=O)[C@@H](CO)NCCCCc1ccccc1. The number of aliphatic hydroxyl groups is 1. The van der Waals surface area contributed by atoms with Crippen LogP contribution in [0.1, 0.15) is 18.4 Å². The van der Waals surface area contributed by atoms with Gasteiger partial charge in [-0.15, -0.1) is 0 Å². The van der Waals surface area contributed by atoms with Gasteiger partial charge in [-0.3, -0.25) is 4.79 Å². The Morgan fingerprint density at radius 2 is 2.06 bits per heavy atom. The van der Waals surface area contributed by atoms with Crippen molar-refractivity contribution in [1.82, 2.24) is 5.32 Å². The number of hydrogen-bond donors (Lipinski definition) is 2. The summed E-state index contributed by atoms with van der Waals surface area (Å²) in [5.41, 5.74) is 1.32. The molecular formula is C14H21NO3. The number of benzene rings is 1. The molecule has 0 aliphatic carbocycles. The van der Waals surface area contributed by atoms with Gasteiger partial charge in [0.15, 0.2) is 0 Å². The van der Waals surface area contributed by atoms with E-state index in [4.69, 9.17) is 5.11 Å². The highest BCUT2D eigenvalue weighted by Gasteiger charge is 2.16. The smallest absolute Gasteiger partial charge is 0.325 e. The molecule has 0 radical (unpaired) electrons. The zero-order chi connectivity index (χ0) is 13.2. The van der Waals surface area contributed by atoms with Crippen molar-refractivity contribution in [2.75, 3.05) is 20.3 Å². The first-order valence-electron chi connectivity index (χ1n) is 6.24. The topological polar surface area (TPSA) is 58.6 Å². The fourth-order valence-corrected chi connectivity index (χ4v) is 1.74. The molecule has 1 atom stereocenters. The molecule has 0 spiro atoms. The van der Waals surface area contributed by atoms with Crippen LogP contribution in [0.15, 0.2) is 30.3 Å². The fraction of sp³-hybridized carbons (Fsp3) is 0.500. The molecule has 0 aliphatic heterocycles. The molecule has 0 bridgehead atoms. The van der Waals surface area contributed by atoms with Crippen LogP contribution in [0, 0.1) is 0 Å². The van der Waals surface area contributed by atoms with Crippen LogP contribution in [0.4, 0.5) is 0 Å². The van der Waals surface area contributed by atoms with Crippen LogP contribution < -0.4 is 5.32 Å². The average Bonchev–Trinajstić information content (AvgIpc) is 2.43. The van der Waals surface area contributed by atoms with E-state index in [1.54, 1.807) is 0 Å². The van der Waals surface area contributed by atoms with Gasteiger partial charge >= 0.3 is 5.97 Å². The van der Waals surface area contributed by atoms with Gasteiger partial charge in [0.2, 0.25) is 0 Å². The van der Waals surface area contributed by atoms with Crippen molar-refractivity contribution in [1.29, 1.82) is 0 Å². The summed E-state index contributed by atoms with van der Waals surface area (Å²) in [6.45, 7) is 0.471. The van der Waals surface area contributed by atoms with Gasteiger partial charge in [-0.1, -0.05) is 30.3 Å². The summed E-state index contributed by atoms with van der Waals surface area (Å²) >= 11 is 0. The van der Waals surface area contributed by atoms with E-state index in [0.29, 0.717) is 6.54 Å². The van der Waals surface area contributed by atoms with Gasteiger partial charge in [0.1, 0.15) is 6.04 Å². The van der Waals surface area contributed by atoms with E-state index in [9.17, 15) is 4.79 Å². The predicted octanol–water partition coefficient (Wildman–Crippen LogP) is 1.13. The largest absolute Gasteiger partial charge is 0.468 e. The molecule has 0 amide bonds. The molecule has 0 aromatic heterocycles. The highest BCUT2D eigenvalue weighted by molar-refractivity contribution is 5.75. The molecule has 0 saturated heterocycles. The first-order valence-corrected chi connectivity index (χ1v) is 6.24. The van der Waals surface area contributed by atoms with Gasteiger partial charge in [-0.05, 0) is 31.4 Å². The third-order valence-corrected chi connectivity index (χ3v) is 2.79. The lowest BCUT2D eigenvalue weighted by Crippen LogP contribution is -2.41. The Morgan fingerprint density at radius 1 is 1.33 bits per heavy atom. The molecule has 0 heterocycles. The number of nitrogens with one attached hydrogen (secondary N) is 1. The zero-order valence-corrected chi connectivity index (χ0v) is 10.8. The molecule has 0 fully saturated rings. The van der Waals surface area contributed by atoms with Gasteiger partial charge < -0.3 is 15.2 Å². The van der Waals surface area contributed by atoms with Crippen LogP contribution in [-0.2, 0) is 16.0 Å². The Morgan fingerprint density at radius 3 is 2.67 bits per heavy atom. The van der Waals surface area contributed by atoms with Crippen molar-refractivity contribution in [2.24, 2.45) is 0 Å². The molecule has 2 N–H and O–H groups in total. The first-order chi connectivity index (χ1) is 8.77. The van der Waals surface area contributed by atoms with E-state index in [2.05, 4.69) is 22.2 Å². The van der Waals surface area contributed by atoms with Crippen LogP contribution in [-0.4, -0.2) is 37.4 Å². The Bertz CT molecular complexity index is 340. The number of carbonyl (C=O) groups is 1. The Hall–Kier alpha value is -1.39. The molecule has 4 heteroatoms. The van der Waals surface area contributed by atoms with E-state index >= 15 is 0 Å². The molecular weight excluding hydrogens is 230 g/mol. The highest BCUT2D eigenvalue weighted by Crippen LogP contribution is 2.03. The molecule has 0 saturated carbocycles. The Labute approximate surface area is 108 Å². The van der Waals surface area contributed by atoms with E-state index in [1.807, 2.05) is 18.2 Å². The number of rotatable bonds is 8. The van der Waals surface area contributed by atoms with Crippen LogP contribution in [0.2, 0.25) is 0 Å². The van der Waals surface area contributed by atoms with Gasteiger partial charge in [0.05, 0.1) is 13.7 Å².